The summed E-state index contributed by atoms with van der Waals surface area (Å²) in [6.07, 6.45) is 4.88. The van der Waals surface area contributed by atoms with Crippen LogP contribution in [0.1, 0.15) is 95.7 Å². The molecule has 0 radical (unpaired) electrons. The maximum absolute atomic E-state index is 13.9. The van der Waals surface area contributed by atoms with Crippen molar-refractivity contribution in [2.45, 2.75) is 104 Å². The summed E-state index contributed by atoms with van der Waals surface area (Å²) < 4.78 is 28.9. The van der Waals surface area contributed by atoms with Gasteiger partial charge in [0.25, 0.3) is 0 Å². The predicted molar refractivity (Wildman–Crippen MR) is 214 cm³/mol. The molecule has 0 bridgehead atoms. The first kappa shape index (κ1) is 39.3. The van der Waals surface area contributed by atoms with Crippen molar-refractivity contribution in [3.8, 4) is 45.1 Å². The van der Waals surface area contributed by atoms with E-state index in [1.54, 1.807) is 24.4 Å². The summed E-state index contributed by atoms with van der Waals surface area (Å²) in [4.78, 5) is 59.4. The van der Waals surface area contributed by atoms with Crippen LogP contribution in [0.15, 0.2) is 36.7 Å². The largest absolute Gasteiger partial charge is 0.488 e. The van der Waals surface area contributed by atoms with E-state index < -0.39 is 17.7 Å². The molecule has 15 heteroatoms. The van der Waals surface area contributed by atoms with E-state index in [1.165, 1.54) is 7.11 Å². The lowest BCUT2D eigenvalue weighted by atomic mass is 9.87. The van der Waals surface area contributed by atoms with Gasteiger partial charge in [-0.3, -0.25) is 9.69 Å². The highest BCUT2D eigenvalue weighted by atomic mass is 16.6. The number of alkyl carbamates (subject to hydrolysis) is 1. The Morgan fingerprint density at radius 1 is 0.897 bits per heavy atom. The van der Waals surface area contributed by atoms with Gasteiger partial charge in [-0.2, -0.15) is 0 Å². The van der Waals surface area contributed by atoms with E-state index in [0.29, 0.717) is 44.4 Å². The Morgan fingerprint density at radius 2 is 1.48 bits per heavy atom. The molecular weight excluding hydrogens is 743 g/mol. The zero-order chi connectivity index (χ0) is 41.0. The first-order chi connectivity index (χ1) is 27.7. The Labute approximate surface area is 338 Å². The van der Waals surface area contributed by atoms with E-state index in [-0.39, 0.29) is 42.0 Å². The van der Waals surface area contributed by atoms with Gasteiger partial charge in [-0.25, -0.2) is 19.6 Å². The zero-order valence-corrected chi connectivity index (χ0v) is 34.4. The van der Waals surface area contributed by atoms with Crippen molar-refractivity contribution in [3.63, 3.8) is 0 Å². The second-order valence-electron chi connectivity index (χ2n) is 17.2. The Hall–Kier alpha value is -5.57. The van der Waals surface area contributed by atoms with Crippen molar-refractivity contribution >= 4 is 18.1 Å². The summed E-state index contributed by atoms with van der Waals surface area (Å²) in [5.74, 6) is 2.81. The topological polar surface area (TPSA) is 173 Å². The number of likely N-dealkylation sites (tertiary alicyclic amines) is 2. The van der Waals surface area contributed by atoms with E-state index >= 15 is 0 Å². The molecule has 4 aromatic rings. The molecule has 58 heavy (non-hydrogen) atoms. The first-order valence-corrected chi connectivity index (χ1v) is 20.1. The number of rotatable bonds is 9. The molecule has 308 valence electrons. The highest BCUT2D eigenvalue weighted by molar-refractivity contribution is 5.89. The number of benzene rings is 2. The highest BCUT2D eigenvalue weighted by Gasteiger charge is 2.42. The van der Waals surface area contributed by atoms with Crippen LogP contribution >= 0.6 is 0 Å². The molecule has 8 rings (SSSR count). The number of amides is 3. The van der Waals surface area contributed by atoms with Gasteiger partial charge in [-0.05, 0) is 77.1 Å². The van der Waals surface area contributed by atoms with Crippen molar-refractivity contribution < 1.29 is 38.1 Å². The molecule has 5 atom stereocenters. The maximum Gasteiger partial charge on any atom is 0.410 e. The zero-order valence-electron chi connectivity index (χ0n) is 34.4. The smallest absolute Gasteiger partial charge is 0.410 e. The first-order valence-electron chi connectivity index (χ1n) is 20.1. The van der Waals surface area contributed by atoms with Gasteiger partial charge >= 0.3 is 12.2 Å². The number of imidazole rings is 2. The fraction of sp³-hybridized carbons (Fsp3) is 0.512. The van der Waals surface area contributed by atoms with Crippen LogP contribution in [0, 0.1) is 11.8 Å². The quantitative estimate of drug-likeness (QED) is 0.156. The van der Waals surface area contributed by atoms with Gasteiger partial charge in [-0.1, -0.05) is 13.8 Å². The highest BCUT2D eigenvalue weighted by Crippen LogP contribution is 2.51. The van der Waals surface area contributed by atoms with E-state index in [0.717, 1.165) is 69.1 Å². The van der Waals surface area contributed by atoms with E-state index in [1.807, 2.05) is 58.6 Å². The molecule has 2 aromatic carbocycles. The van der Waals surface area contributed by atoms with Crippen molar-refractivity contribution in [3.05, 3.63) is 59.4 Å². The summed E-state index contributed by atoms with van der Waals surface area (Å²) in [6.45, 7) is 13.2. The van der Waals surface area contributed by atoms with Crippen LogP contribution in [-0.2, 0) is 32.2 Å². The van der Waals surface area contributed by atoms with Crippen LogP contribution in [-0.4, -0.2) is 92.9 Å². The van der Waals surface area contributed by atoms with Crippen LogP contribution in [0.5, 0.6) is 11.5 Å². The second-order valence-corrected chi connectivity index (χ2v) is 17.2. The lowest BCUT2D eigenvalue weighted by Gasteiger charge is -2.33. The number of H-pyrrole nitrogens is 2. The van der Waals surface area contributed by atoms with Crippen molar-refractivity contribution in [1.82, 2.24) is 35.1 Å². The lowest BCUT2D eigenvalue weighted by Crippen LogP contribution is -2.52. The third-order valence-electron chi connectivity index (χ3n) is 11.6. The molecule has 0 spiro atoms. The van der Waals surface area contributed by atoms with E-state index in [4.69, 9.17) is 33.7 Å². The average Bonchev–Trinajstić information content (AvgIpc) is 4.01. The van der Waals surface area contributed by atoms with Gasteiger partial charge < -0.3 is 43.9 Å². The second kappa shape index (κ2) is 15.3. The van der Waals surface area contributed by atoms with Crippen LogP contribution in [0.2, 0.25) is 0 Å². The molecule has 3 N–H and O–H groups in total. The Morgan fingerprint density at radius 3 is 2.02 bits per heavy atom. The van der Waals surface area contributed by atoms with Crippen molar-refractivity contribution in [2.24, 2.45) is 11.8 Å². The fourth-order valence-corrected chi connectivity index (χ4v) is 8.84. The summed E-state index contributed by atoms with van der Waals surface area (Å²) in [5, 5.41) is 2.73. The van der Waals surface area contributed by atoms with E-state index in [9.17, 15) is 14.4 Å². The number of aromatic amines is 2. The minimum absolute atomic E-state index is 0.0220. The van der Waals surface area contributed by atoms with Crippen molar-refractivity contribution in [2.75, 3.05) is 27.4 Å². The predicted octanol–water partition coefficient (Wildman–Crippen LogP) is 7.30. The molecular formula is C43H53N7O8. The molecule has 5 unspecified atom stereocenters. The van der Waals surface area contributed by atoms with Gasteiger partial charge in [0.05, 0.1) is 49.6 Å². The summed E-state index contributed by atoms with van der Waals surface area (Å²) in [5.41, 5.74) is 6.87. The number of hydrogen-bond donors (Lipinski definition) is 3. The summed E-state index contributed by atoms with van der Waals surface area (Å²) in [7, 11) is 2.97. The minimum Gasteiger partial charge on any atom is -0.488 e. The van der Waals surface area contributed by atoms with Gasteiger partial charge in [-0.15, -0.1) is 0 Å². The number of hydrogen-bond acceptors (Lipinski definition) is 10. The molecule has 15 nitrogen and oxygen atoms in total. The normalized spacial score (nSPS) is 21.3. The Bertz CT molecular complexity index is 2170. The Kier molecular flexibility index (Phi) is 10.4. The third-order valence-corrected chi connectivity index (χ3v) is 11.6. The number of carbonyl (C=O) groups excluding carboxylic acids is 3. The summed E-state index contributed by atoms with van der Waals surface area (Å²) in [6, 6.07) is 7.01. The van der Waals surface area contributed by atoms with Gasteiger partial charge in [0.1, 0.15) is 48.0 Å². The number of nitrogens with one attached hydrogen (secondary N) is 3. The van der Waals surface area contributed by atoms with Crippen LogP contribution < -0.4 is 14.8 Å². The monoisotopic (exact) mass is 795 g/mol. The maximum atomic E-state index is 13.9. The molecule has 2 aromatic heterocycles. The summed E-state index contributed by atoms with van der Waals surface area (Å²) >= 11 is 0. The van der Waals surface area contributed by atoms with Gasteiger partial charge in [0.2, 0.25) is 5.91 Å². The number of carbonyl (C=O) groups is 3. The van der Waals surface area contributed by atoms with E-state index in [2.05, 4.69) is 27.4 Å². The number of nitrogens with zero attached hydrogens (tertiary/aromatic N) is 4. The lowest BCUT2D eigenvalue weighted by molar-refractivity contribution is -0.137. The Balaban J connectivity index is 1.04. The van der Waals surface area contributed by atoms with Gasteiger partial charge in [0.15, 0.2) is 0 Å². The minimum atomic E-state index is -0.723. The standard InChI is InChI=1S/C43H53N7O8/c1-22(2)37(48-41(52)55-8)40(51)50-23(3)9-10-31(50)38-44-16-29(46-38)25-12-27-20-57-34-15-26(13-28-21-56-33(14-25)35(27)36(28)34)30-17-45-39(47-30)32-11-24(19-54-7)18-49(32)42(53)58-43(4,5)6/h12-17,22-24,31-32,37H,9-11,18-21H2,1-8H3,(H,44,46)(H,45,47)(H,48,52). The number of aromatic nitrogens is 4. The molecule has 2 saturated heterocycles. The van der Waals surface area contributed by atoms with Crippen LogP contribution in [0.4, 0.5) is 9.59 Å². The van der Waals surface area contributed by atoms with Crippen molar-refractivity contribution in [1.29, 1.82) is 0 Å². The molecule has 3 amide bonds. The molecule has 4 aliphatic rings. The number of ether oxygens (including phenoxy) is 5. The third kappa shape index (κ3) is 7.36. The molecule has 0 aliphatic carbocycles. The molecule has 4 aliphatic heterocycles. The average molecular weight is 796 g/mol. The van der Waals surface area contributed by atoms with Gasteiger partial charge in [0, 0.05) is 59.0 Å². The molecule has 2 fully saturated rings. The number of methoxy groups -OCH3 is 2. The van der Waals surface area contributed by atoms with Crippen LogP contribution in [0.25, 0.3) is 33.6 Å². The van der Waals surface area contributed by atoms with Crippen LogP contribution in [0.3, 0.4) is 0 Å². The molecule has 0 saturated carbocycles. The molecule has 6 heterocycles. The SMILES string of the molecule is COCC1CC(c2ncc(-c3cc4c5c(c3)OCc3cc(-c6cnc(C7CCC(C)N7C(=O)C(NC(=O)OC)C(C)C)[nH]6)cc(c3-5)OC4)[nH]2)N(C(=O)OC(C)(C)C)C1. The fourth-order valence-electron chi connectivity index (χ4n) is 8.84.